The Morgan fingerprint density at radius 2 is 1.90 bits per heavy atom. The van der Waals surface area contributed by atoms with E-state index in [0.29, 0.717) is 24.4 Å². The number of amides is 1. The number of fused-ring (bicyclic) bond motifs is 1. The predicted octanol–water partition coefficient (Wildman–Crippen LogP) is 5.31. The van der Waals surface area contributed by atoms with Crippen molar-refractivity contribution < 1.29 is 9.32 Å². The zero-order chi connectivity index (χ0) is 21.1. The molecule has 2 N–H and O–H groups in total. The van der Waals surface area contributed by atoms with E-state index in [1.807, 2.05) is 62.5 Å². The lowest BCUT2D eigenvalue weighted by atomic mass is 9.90. The summed E-state index contributed by atoms with van der Waals surface area (Å²) >= 11 is 6.53. The number of nitrogens with zero attached hydrogens (tertiary/aromatic N) is 1. The van der Waals surface area contributed by atoms with Gasteiger partial charge in [0.05, 0.1) is 5.69 Å². The van der Waals surface area contributed by atoms with Gasteiger partial charge in [-0.15, -0.1) is 0 Å². The first-order chi connectivity index (χ1) is 14.5. The van der Waals surface area contributed by atoms with Gasteiger partial charge in [-0.1, -0.05) is 53.2 Å². The highest BCUT2D eigenvalue weighted by atomic mass is 35.5. The average molecular weight is 422 g/mol. The number of H-pyrrole nitrogens is 1. The molecule has 5 nitrogen and oxygen atoms in total. The second-order valence-corrected chi connectivity index (χ2v) is 7.88. The molecule has 2 aromatic carbocycles. The van der Waals surface area contributed by atoms with E-state index < -0.39 is 0 Å². The fraction of sp³-hybridized carbons (Fsp3) is 0.250. The highest BCUT2D eigenvalue weighted by Gasteiger charge is 2.21. The minimum Gasteiger partial charge on any atom is -0.361 e. The van der Waals surface area contributed by atoms with Crippen LogP contribution in [-0.2, 0) is 11.2 Å². The fourth-order valence-corrected chi connectivity index (χ4v) is 4.20. The summed E-state index contributed by atoms with van der Waals surface area (Å²) in [5.74, 6) is 0.706. The number of para-hydroxylation sites is 1. The second-order valence-electron chi connectivity index (χ2n) is 7.47. The summed E-state index contributed by atoms with van der Waals surface area (Å²) in [4.78, 5) is 15.9. The van der Waals surface area contributed by atoms with Crippen molar-refractivity contribution in [2.45, 2.75) is 32.6 Å². The molecule has 0 radical (unpaired) electrons. The lowest BCUT2D eigenvalue weighted by Crippen LogP contribution is -2.29. The second kappa shape index (κ2) is 8.76. The van der Waals surface area contributed by atoms with Crippen LogP contribution in [0.2, 0.25) is 5.02 Å². The summed E-state index contributed by atoms with van der Waals surface area (Å²) in [7, 11) is 0. The monoisotopic (exact) mass is 421 g/mol. The minimum absolute atomic E-state index is 0.00750. The van der Waals surface area contributed by atoms with Crippen molar-refractivity contribution in [3.05, 3.63) is 87.9 Å². The maximum absolute atomic E-state index is 12.6. The highest BCUT2D eigenvalue weighted by molar-refractivity contribution is 6.31. The predicted molar refractivity (Wildman–Crippen MR) is 119 cm³/mol. The van der Waals surface area contributed by atoms with E-state index in [2.05, 4.69) is 21.5 Å². The zero-order valence-electron chi connectivity index (χ0n) is 17.0. The summed E-state index contributed by atoms with van der Waals surface area (Å²) in [6.07, 6.45) is 3.00. The number of aryl methyl sites for hydroxylation is 2. The Labute approximate surface area is 180 Å². The van der Waals surface area contributed by atoms with Gasteiger partial charge in [-0.05, 0) is 43.5 Å². The number of hydrogen-bond acceptors (Lipinski definition) is 3. The third-order valence-electron chi connectivity index (χ3n) is 5.56. The quantitative estimate of drug-likeness (QED) is 0.425. The van der Waals surface area contributed by atoms with Gasteiger partial charge in [0.2, 0.25) is 5.91 Å². The number of halogens is 1. The molecule has 6 heteroatoms. The molecule has 30 heavy (non-hydrogen) atoms. The maximum Gasteiger partial charge on any atom is 0.220 e. The molecule has 2 aromatic heterocycles. The molecule has 0 saturated carbocycles. The average Bonchev–Trinajstić information content (AvgIpc) is 3.31. The Kier molecular flexibility index (Phi) is 5.91. The Morgan fingerprint density at radius 1 is 1.13 bits per heavy atom. The number of carbonyl (C=O) groups is 1. The van der Waals surface area contributed by atoms with Gasteiger partial charge in [0.1, 0.15) is 5.76 Å². The smallest absolute Gasteiger partial charge is 0.220 e. The third-order valence-corrected chi connectivity index (χ3v) is 5.91. The summed E-state index contributed by atoms with van der Waals surface area (Å²) in [5.41, 5.74) is 5.02. The van der Waals surface area contributed by atoms with E-state index in [4.69, 9.17) is 16.1 Å². The number of nitrogens with one attached hydrogen (secondary N) is 2. The normalized spacial score (nSPS) is 12.2. The van der Waals surface area contributed by atoms with E-state index in [0.717, 1.165) is 39.0 Å². The molecule has 0 spiro atoms. The lowest BCUT2D eigenvalue weighted by molar-refractivity contribution is -0.121. The maximum atomic E-state index is 12.6. The van der Waals surface area contributed by atoms with Gasteiger partial charge < -0.3 is 14.8 Å². The van der Waals surface area contributed by atoms with Gasteiger partial charge in [0.15, 0.2) is 0 Å². The number of benzene rings is 2. The van der Waals surface area contributed by atoms with Crippen LogP contribution in [0.3, 0.4) is 0 Å². The molecule has 1 amide bonds. The van der Waals surface area contributed by atoms with Crippen LogP contribution in [0.4, 0.5) is 0 Å². The van der Waals surface area contributed by atoms with E-state index >= 15 is 0 Å². The molecular weight excluding hydrogens is 398 g/mol. The van der Waals surface area contributed by atoms with Crippen LogP contribution in [0.15, 0.2) is 59.3 Å². The van der Waals surface area contributed by atoms with Crippen molar-refractivity contribution in [2.75, 3.05) is 6.54 Å². The standard InChI is InChI=1S/C24H24ClN3O2/c1-15-17(16(2)30-28-15)11-12-24(29)27-14-20(18-7-3-5-9-22(18)25)21-13-26-23-10-6-4-8-19(21)23/h3-10,13,20,26H,11-12,14H2,1-2H3,(H,27,29)/t20-/m1/s1. The molecule has 0 aliphatic carbocycles. The lowest BCUT2D eigenvalue weighted by Gasteiger charge is -2.19. The summed E-state index contributed by atoms with van der Waals surface area (Å²) in [6.45, 7) is 4.23. The number of carbonyl (C=O) groups excluding carboxylic acids is 1. The van der Waals surface area contributed by atoms with Gasteiger partial charge in [-0.2, -0.15) is 0 Å². The third kappa shape index (κ3) is 4.12. The van der Waals surface area contributed by atoms with Crippen molar-refractivity contribution in [1.82, 2.24) is 15.5 Å². The van der Waals surface area contributed by atoms with Gasteiger partial charge in [-0.3, -0.25) is 4.79 Å². The topological polar surface area (TPSA) is 70.9 Å². The van der Waals surface area contributed by atoms with Gasteiger partial charge >= 0.3 is 0 Å². The van der Waals surface area contributed by atoms with Gasteiger partial charge in [0.25, 0.3) is 0 Å². The molecule has 4 aromatic rings. The number of rotatable bonds is 7. The van der Waals surface area contributed by atoms with E-state index in [1.165, 1.54) is 0 Å². The van der Waals surface area contributed by atoms with Crippen molar-refractivity contribution in [3.8, 4) is 0 Å². The van der Waals surface area contributed by atoms with Crippen molar-refractivity contribution in [2.24, 2.45) is 0 Å². The molecule has 154 valence electrons. The highest BCUT2D eigenvalue weighted by Crippen LogP contribution is 2.34. The number of aromatic amines is 1. The van der Waals surface area contributed by atoms with Crippen LogP contribution < -0.4 is 5.32 Å². The zero-order valence-corrected chi connectivity index (χ0v) is 17.8. The molecule has 0 aliphatic rings. The molecule has 2 heterocycles. The fourth-order valence-electron chi connectivity index (χ4n) is 3.93. The Balaban J connectivity index is 1.54. The first kappa shape index (κ1) is 20.2. The molecule has 0 unspecified atom stereocenters. The Bertz CT molecular complexity index is 1160. The largest absolute Gasteiger partial charge is 0.361 e. The van der Waals surface area contributed by atoms with E-state index in [-0.39, 0.29) is 11.8 Å². The molecule has 0 saturated heterocycles. The van der Waals surface area contributed by atoms with Gasteiger partial charge in [0, 0.05) is 46.6 Å². The van der Waals surface area contributed by atoms with Crippen molar-refractivity contribution >= 4 is 28.4 Å². The Morgan fingerprint density at radius 3 is 2.67 bits per heavy atom. The minimum atomic E-state index is -0.0575. The molecule has 0 fully saturated rings. The molecule has 1 atom stereocenters. The van der Waals surface area contributed by atoms with E-state index in [9.17, 15) is 4.79 Å². The van der Waals surface area contributed by atoms with Crippen LogP contribution in [0, 0.1) is 13.8 Å². The molecule has 0 bridgehead atoms. The molecule has 0 aliphatic heterocycles. The van der Waals surface area contributed by atoms with Crippen LogP contribution >= 0.6 is 11.6 Å². The van der Waals surface area contributed by atoms with Crippen LogP contribution in [0.5, 0.6) is 0 Å². The van der Waals surface area contributed by atoms with E-state index in [1.54, 1.807) is 0 Å². The van der Waals surface area contributed by atoms with Crippen LogP contribution in [0.1, 0.15) is 40.5 Å². The Hall–Kier alpha value is -3.05. The van der Waals surface area contributed by atoms with Crippen molar-refractivity contribution in [3.63, 3.8) is 0 Å². The summed E-state index contributed by atoms with van der Waals surface area (Å²) in [6, 6.07) is 16.0. The molecule has 4 rings (SSSR count). The first-order valence-electron chi connectivity index (χ1n) is 10.0. The SMILES string of the molecule is Cc1noc(C)c1CCC(=O)NC[C@H](c1ccccc1Cl)c1c[nH]c2ccccc12. The summed E-state index contributed by atoms with van der Waals surface area (Å²) in [5, 5.41) is 8.88. The summed E-state index contributed by atoms with van der Waals surface area (Å²) < 4.78 is 5.19. The molecular formula is C24H24ClN3O2. The van der Waals surface area contributed by atoms with Crippen LogP contribution in [-0.4, -0.2) is 22.6 Å². The number of hydrogen-bond donors (Lipinski definition) is 2. The number of aromatic nitrogens is 2. The van der Waals surface area contributed by atoms with Crippen LogP contribution in [0.25, 0.3) is 10.9 Å². The van der Waals surface area contributed by atoms with Gasteiger partial charge in [-0.25, -0.2) is 0 Å². The van der Waals surface area contributed by atoms with Crippen molar-refractivity contribution in [1.29, 1.82) is 0 Å². The first-order valence-corrected chi connectivity index (χ1v) is 10.4.